The Labute approximate surface area is 115 Å². The topological polar surface area (TPSA) is 46.3 Å². The third-order valence-electron chi connectivity index (χ3n) is 5.03. The standard InChI is InChI=1S/C16H24N2O/c1-6-18(12-9-7-8-11(17)10-12)14(19)13-15(2,3)16(13,4)5/h7-10,13H,6,17H2,1-5H3. The van der Waals surface area contributed by atoms with Crippen LogP contribution in [0.25, 0.3) is 0 Å². The molecule has 0 heterocycles. The molecule has 19 heavy (non-hydrogen) atoms. The Morgan fingerprint density at radius 1 is 1.26 bits per heavy atom. The van der Waals surface area contributed by atoms with Crippen LogP contribution in [0.15, 0.2) is 24.3 Å². The van der Waals surface area contributed by atoms with Gasteiger partial charge >= 0.3 is 0 Å². The number of nitrogen functional groups attached to an aromatic ring is 1. The highest BCUT2D eigenvalue weighted by Crippen LogP contribution is 2.68. The minimum Gasteiger partial charge on any atom is -0.399 e. The lowest BCUT2D eigenvalue weighted by atomic mass is 10.0. The van der Waals surface area contributed by atoms with Crippen molar-refractivity contribution in [3.8, 4) is 0 Å². The molecule has 1 aliphatic carbocycles. The number of benzene rings is 1. The minimum atomic E-state index is 0.0673. The van der Waals surface area contributed by atoms with Gasteiger partial charge in [0.2, 0.25) is 5.91 Å². The monoisotopic (exact) mass is 260 g/mol. The van der Waals surface area contributed by atoms with Crippen molar-refractivity contribution in [1.82, 2.24) is 0 Å². The first-order valence-corrected chi connectivity index (χ1v) is 6.90. The first-order chi connectivity index (χ1) is 8.73. The van der Waals surface area contributed by atoms with Crippen molar-refractivity contribution < 1.29 is 4.79 Å². The van der Waals surface area contributed by atoms with Crippen LogP contribution in [-0.4, -0.2) is 12.5 Å². The summed E-state index contributed by atoms with van der Waals surface area (Å²) in [6.07, 6.45) is 0. The first kappa shape index (κ1) is 13.9. The van der Waals surface area contributed by atoms with Gasteiger partial charge in [-0.3, -0.25) is 4.79 Å². The summed E-state index contributed by atoms with van der Waals surface area (Å²) < 4.78 is 0. The van der Waals surface area contributed by atoms with Crippen LogP contribution < -0.4 is 10.6 Å². The Morgan fingerprint density at radius 3 is 2.26 bits per heavy atom. The molecule has 0 spiro atoms. The van der Waals surface area contributed by atoms with E-state index in [-0.39, 0.29) is 22.7 Å². The van der Waals surface area contributed by atoms with Gasteiger partial charge in [-0.25, -0.2) is 0 Å². The molecule has 0 bridgehead atoms. The van der Waals surface area contributed by atoms with Gasteiger partial charge in [0.05, 0.1) is 0 Å². The summed E-state index contributed by atoms with van der Waals surface area (Å²) in [5.74, 6) is 0.296. The van der Waals surface area contributed by atoms with E-state index in [1.807, 2.05) is 36.1 Å². The molecular formula is C16H24N2O. The van der Waals surface area contributed by atoms with Crippen LogP contribution in [0, 0.1) is 16.7 Å². The summed E-state index contributed by atoms with van der Waals surface area (Å²) in [4.78, 5) is 14.6. The van der Waals surface area contributed by atoms with Crippen molar-refractivity contribution in [3.05, 3.63) is 24.3 Å². The van der Waals surface area contributed by atoms with Crippen molar-refractivity contribution in [2.45, 2.75) is 34.6 Å². The normalized spacial score (nSPS) is 20.1. The lowest BCUT2D eigenvalue weighted by Crippen LogP contribution is -2.33. The molecule has 1 aromatic carbocycles. The Kier molecular flexibility index (Phi) is 3.12. The number of carbonyl (C=O) groups excluding carboxylic acids is 1. The summed E-state index contributed by atoms with van der Waals surface area (Å²) in [5.41, 5.74) is 7.53. The first-order valence-electron chi connectivity index (χ1n) is 6.90. The fraction of sp³-hybridized carbons (Fsp3) is 0.562. The molecule has 104 valence electrons. The van der Waals surface area contributed by atoms with Crippen molar-refractivity contribution in [1.29, 1.82) is 0 Å². The molecule has 0 unspecified atom stereocenters. The maximum atomic E-state index is 12.8. The number of rotatable bonds is 3. The fourth-order valence-corrected chi connectivity index (χ4v) is 3.13. The molecule has 1 aromatic rings. The Bertz CT molecular complexity index is 491. The van der Waals surface area contributed by atoms with Gasteiger partial charge in [-0.2, -0.15) is 0 Å². The molecule has 1 aliphatic rings. The van der Waals surface area contributed by atoms with Crippen LogP contribution >= 0.6 is 0 Å². The molecular weight excluding hydrogens is 236 g/mol. The lowest BCUT2D eigenvalue weighted by molar-refractivity contribution is -0.120. The van der Waals surface area contributed by atoms with Gasteiger partial charge in [0.1, 0.15) is 0 Å². The van der Waals surface area contributed by atoms with Crippen LogP contribution in [0.3, 0.4) is 0 Å². The van der Waals surface area contributed by atoms with Crippen molar-refractivity contribution in [3.63, 3.8) is 0 Å². The number of carbonyl (C=O) groups is 1. The Balaban J connectivity index is 2.27. The van der Waals surface area contributed by atoms with E-state index >= 15 is 0 Å². The van der Waals surface area contributed by atoms with Crippen LogP contribution in [0.2, 0.25) is 0 Å². The molecule has 0 radical (unpaired) electrons. The van der Waals surface area contributed by atoms with Crippen LogP contribution in [0.1, 0.15) is 34.6 Å². The zero-order valence-corrected chi connectivity index (χ0v) is 12.5. The predicted octanol–water partition coefficient (Wildman–Crippen LogP) is 3.30. The third kappa shape index (κ3) is 2.01. The average molecular weight is 260 g/mol. The van der Waals surface area contributed by atoms with E-state index < -0.39 is 0 Å². The van der Waals surface area contributed by atoms with Crippen molar-refractivity contribution >= 4 is 17.3 Å². The van der Waals surface area contributed by atoms with E-state index in [9.17, 15) is 4.79 Å². The number of hydrogen-bond acceptors (Lipinski definition) is 2. The van der Waals surface area contributed by atoms with Gasteiger partial charge in [-0.1, -0.05) is 33.8 Å². The summed E-state index contributed by atoms with van der Waals surface area (Å²) in [6.45, 7) is 11.4. The summed E-state index contributed by atoms with van der Waals surface area (Å²) in [6, 6.07) is 7.54. The number of hydrogen-bond donors (Lipinski definition) is 1. The molecule has 2 N–H and O–H groups in total. The maximum Gasteiger partial charge on any atom is 0.231 e. The molecule has 0 aliphatic heterocycles. The summed E-state index contributed by atoms with van der Waals surface area (Å²) in [5, 5.41) is 0. The maximum absolute atomic E-state index is 12.8. The molecule has 1 fully saturated rings. The highest BCUT2D eigenvalue weighted by atomic mass is 16.2. The zero-order chi connectivity index (χ0) is 14.4. The van der Waals surface area contributed by atoms with Crippen LogP contribution in [-0.2, 0) is 4.79 Å². The Morgan fingerprint density at radius 2 is 1.84 bits per heavy atom. The second kappa shape index (κ2) is 4.26. The van der Waals surface area contributed by atoms with Crippen molar-refractivity contribution in [2.75, 3.05) is 17.2 Å². The zero-order valence-electron chi connectivity index (χ0n) is 12.5. The molecule has 2 rings (SSSR count). The van der Waals surface area contributed by atoms with Gasteiger partial charge < -0.3 is 10.6 Å². The second-order valence-electron chi connectivity index (χ2n) is 6.55. The smallest absolute Gasteiger partial charge is 0.231 e. The van der Waals surface area contributed by atoms with E-state index in [1.54, 1.807) is 0 Å². The third-order valence-corrected chi connectivity index (χ3v) is 5.03. The molecule has 3 nitrogen and oxygen atoms in total. The number of nitrogens with two attached hydrogens (primary N) is 1. The largest absolute Gasteiger partial charge is 0.399 e. The SMILES string of the molecule is CCN(C(=O)C1C(C)(C)C1(C)C)c1cccc(N)c1. The molecule has 0 aromatic heterocycles. The molecule has 0 saturated heterocycles. The van der Waals surface area contributed by atoms with Crippen LogP contribution in [0.4, 0.5) is 11.4 Å². The fourth-order valence-electron chi connectivity index (χ4n) is 3.13. The van der Waals surface area contributed by atoms with Gasteiger partial charge in [-0.15, -0.1) is 0 Å². The highest BCUT2D eigenvalue weighted by molar-refractivity contribution is 5.98. The highest BCUT2D eigenvalue weighted by Gasteiger charge is 2.68. The number of amides is 1. The van der Waals surface area contributed by atoms with Crippen molar-refractivity contribution in [2.24, 2.45) is 16.7 Å². The van der Waals surface area contributed by atoms with Gasteiger partial charge in [0.15, 0.2) is 0 Å². The number of anilines is 2. The van der Waals surface area contributed by atoms with Gasteiger partial charge in [0.25, 0.3) is 0 Å². The molecule has 3 heteroatoms. The predicted molar refractivity (Wildman–Crippen MR) is 79.9 cm³/mol. The summed E-state index contributed by atoms with van der Waals surface area (Å²) >= 11 is 0. The van der Waals surface area contributed by atoms with Crippen LogP contribution in [0.5, 0.6) is 0 Å². The van der Waals surface area contributed by atoms with E-state index in [1.165, 1.54) is 0 Å². The van der Waals surface area contributed by atoms with Gasteiger partial charge in [0, 0.05) is 23.8 Å². The quantitative estimate of drug-likeness (QED) is 0.848. The average Bonchev–Trinajstić information content (AvgIpc) is 2.70. The van der Waals surface area contributed by atoms with E-state index in [4.69, 9.17) is 5.73 Å². The van der Waals surface area contributed by atoms with E-state index in [0.29, 0.717) is 12.2 Å². The summed E-state index contributed by atoms with van der Waals surface area (Å²) in [7, 11) is 0. The number of nitrogens with zero attached hydrogens (tertiary/aromatic N) is 1. The lowest BCUT2D eigenvalue weighted by Gasteiger charge is -2.22. The Hall–Kier alpha value is -1.51. The molecule has 1 saturated carbocycles. The molecule has 1 amide bonds. The minimum absolute atomic E-state index is 0.0673. The second-order valence-corrected chi connectivity index (χ2v) is 6.55. The van der Waals surface area contributed by atoms with Gasteiger partial charge in [-0.05, 0) is 36.0 Å². The molecule has 0 atom stereocenters. The van der Waals surface area contributed by atoms with E-state index in [0.717, 1.165) is 5.69 Å². The van der Waals surface area contributed by atoms with E-state index in [2.05, 4.69) is 27.7 Å².